The molecule has 0 saturated carbocycles. The summed E-state index contributed by atoms with van der Waals surface area (Å²) in [5.41, 5.74) is 8.59. The number of hydrogen-bond donors (Lipinski definition) is 1. The number of thiophene rings is 1. The van der Waals surface area contributed by atoms with E-state index in [0.29, 0.717) is 0 Å². The van der Waals surface area contributed by atoms with Crippen LogP contribution in [0.15, 0.2) is 42.6 Å². The Morgan fingerprint density at radius 3 is 2.85 bits per heavy atom. The molecule has 2 aromatic heterocycles. The van der Waals surface area contributed by atoms with E-state index < -0.39 is 0 Å². The Morgan fingerprint density at radius 2 is 2.10 bits per heavy atom. The van der Waals surface area contributed by atoms with Gasteiger partial charge in [-0.05, 0) is 36.4 Å². The molecule has 0 aliphatic heterocycles. The first-order chi connectivity index (χ1) is 9.63. The average Bonchev–Trinajstić information content (AvgIpc) is 2.83. The van der Waals surface area contributed by atoms with E-state index in [0.717, 1.165) is 33.2 Å². The number of anilines is 2. The second-order valence-electron chi connectivity index (χ2n) is 4.67. The highest BCUT2D eigenvalue weighted by Gasteiger charge is 2.09. The Labute approximate surface area is 126 Å². The van der Waals surface area contributed by atoms with E-state index in [1.165, 1.54) is 4.88 Å². The second-order valence-corrected chi connectivity index (χ2v) is 6.47. The number of hydrogen-bond acceptors (Lipinski definition) is 4. The monoisotopic (exact) mass is 303 g/mol. The number of rotatable bonds is 3. The third kappa shape index (κ3) is 2.57. The lowest BCUT2D eigenvalue weighted by atomic mass is 10.1. The average molecular weight is 304 g/mol. The predicted octanol–water partition coefficient (Wildman–Crippen LogP) is 4.17. The summed E-state index contributed by atoms with van der Waals surface area (Å²) in [6, 6.07) is 11.8. The van der Waals surface area contributed by atoms with Crippen molar-refractivity contribution in [3.63, 3.8) is 0 Å². The molecule has 0 atom stereocenters. The molecule has 3 aromatic rings. The quantitative estimate of drug-likeness (QED) is 0.738. The topological polar surface area (TPSA) is 42.2 Å². The van der Waals surface area contributed by atoms with E-state index in [2.05, 4.69) is 23.0 Å². The van der Waals surface area contributed by atoms with Crippen LogP contribution in [0.3, 0.4) is 0 Å². The van der Waals surface area contributed by atoms with Gasteiger partial charge in [0.2, 0.25) is 0 Å². The largest absolute Gasteiger partial charge is 0.399 e. The Balaban J connectivity index is 1.96. The molecule has 5 heteroatoms. The standard InChI is InChI=1S/C15H14ClN3S/c1-19(9-11-3-5-15(16)20-11)14-6-7-18-13-8-10(17)2-4-12(13)14/h2-8H,9,17H2,1H3. The SMILES string of the molecule is CN(Cc1ccc(Cl)s1)c1ccnc2cc(N)ccc12. The van der Waals surface area contributed by atoms with Crippen molar-refractivity contribution in [2.75, 3.05) is 17.7 Å². The van der Waals surface area contributed by atoms with Crippen molar-refractivity contribution in [1.29, 1.82) is 0 Å². The van der Waals surface area contributed by atoms with Gasteiger partial charge in [0.25, 0.3) is 0 Å². The minimum absolute atomic E-state index is 0.731. The molecule has 20 heavy (non-hydrogen) atoms. The molecular weight excluding hydrogens is 290 g/mol. The summed E-state index contributed by atoms with van der Waals surface area (Å²) in [5.74, 6) is 0. The van der Waals surface area contributed by atoms with Gasteiger partial charge in [-0.3, -0.25) is 4.98 Å². The Bertz CT molecular complexity index is 754. The van der Waals surface area contributed by atoms with Gasteiger partial charge >= 0.3 is 0 Å². The summed E-state index contributed by atoms with van der Waals surface area (Å²) >= 11 is 7.59. The number of nitrogens with two attached hydrogens (primary N) is 1. The fraction of sp³-hybridized carbons (Fsp3) is 0.133. The van der Waals surface area contributed by atoms with Gasteiger partial charge in [-0.1, -0.05) is 11.6 Å². The van der Waals surface area contributed by atoms with Gasteiger partial charge in [0.05, 0.1) is 16.4 Å². The van der Waals surface area contributed by atoms with Crippen LogP contribution in [0, 0.1) is 0 Å². The van der Waals surface area contributed by atoms with Crippen molar-refractivity contribution in [2.24, 2.45) is 0 Å². The first-order valence-corrected chi connectivity index (χ1v) is 7.42. The van der Waals surface area contributed by atoms with E-state index in [1.54, 1.807) is 11.3 Å². The lowest BCUT2D eigenvalue weighted by molar-refractivity contribution is 0.944. The van der Waals surface area contributed by atoms with Crippen LogP contribution in [0.2, 0.25) is 4.34 Å². The highest BCUT2D eigenvalue weighted by Crippen LogP contribution is 2.29. The van der Waals surface area contributed by atoms with E-state index >= 15 is 0 Å². The minimum Gasteiger partial charge on any atom is -0.399 e. The van der Waals surface area contributed by atoms with Gasteiger partial charge in [-0.2, -0.15) is 0 Å². The van der Waals surface area contributed by atoms with Gasteiger partial charge in [0.1, 0.15) is 0 Å². The van der Waals surface area contributed by atoms with Crippen molar-refractivity contribution in [1.82, 2.24) is 4.98 Å². The van der Waals surface area contributed by atoms with E-state index in [1.807, 2.05) is 36.5 Å². The lowest BCUT2D eigenvalue weighted by Gasteiger charge is -2.20. The van der Waals surface area contributed by atoms with Crippen LogP contribution in [-0.4, -0.2) is 12.0 Å². The highest BCUT2D eigenvalue weighted by atomic mass is 35.5. The van der Waals surface area contributed by atoms with E-state index in [4.69, 9.17) is 17.3 Å². The summed E-state index contributed by atoms with van der Waals surface area (Å²) < 4.78 is 0.820. The molecule has 0 radical (unpaired) electrons. The normalized spacial score (nSPS) is 10.9. The van der Waals surface area contributed by atoms with E-state index in [9.17, 15) is 0 Å². The molecule has 0 aliphatic carbocycles. The van der Waals surface area contributed by atoms with Crippen molar-refractivity contribution in [2.45, 2.75) is 6.54 Å². The number of halogens is 1. The van der Waals surface area contributed by atoms with Crippen LogP contribution in [0.4, 0.5) is 11.4 Å². The maximum Gasteiger partial charge on any atom is 0.0931 e. The number of pyridine rings is 1. The van der Waals surface area contributed by atoms with Crippen LogP contribution in [0.25, 0.3) is 10.9 Å². The third-order valence-corrected chi connectivity index (χ3v) is 4.39. The van der Waals surface area contributed by atoms with Crippen LogP contribution in [0.1, 0.15) is 4.88 Å². The van der Waals surface area contributed by atoms with Crippen LogP contribution in [-0.2, 0) is 6.54 Å². The molecule has 3 nitrogen and oxygen atoms in total. The molecule has 0 fully saturated rings. The molecule has 0 spiro atoms. The summed E-state index contributed by atoms with van der Waals surface area (Å²) in [7, 11) is 2.07. The molecule has 0 aliphatic rings. The molecule has 0 amide bonds. The van der Waals surface area contributed by atoms with Crippen LogP contribution in [0.5, 0.6) is 0 Å². The Morgan fingerprint density at radius 1 is 1.25 bits per heavy atom. The molecular formula is C15H14ClN3S. The van der Waals surface area contributed by atoms with Gasteiger partial charge < -0.3 is 10.6 Å². The molecule has 1 aromatic carbocycles. The fourth-order valence-electron chi connectivity index (χ4n) is 2.24. The number of nitrogens with zero attached hydrogens (tertiary/aromatic N) is 2. The van der Waals surface area contributed by atoms with Crippen molar-refractivity contribution in [3.05, 3.63) is 51.8 Å². The maximum atomic E-state index is 5.98. The summed E-state index contributed by atoms with van der Waals surface area (Å²) in [6.45, 7) is 0.820. The predicted molar refractivity (Wildman–Crippen MR) is 87.6 cm³/mol. The fourth-order valence-corrected chi connectivity index (χ4v) is 3.38. The van der Waals surface area contributed by atoms with Crippen LogP contribution >= 0.6 is 22.9 Å². The van der Waals surface area contributed by atoms with Gasteiger partial charge in [0, 0.05) is 34.9 Å². The minimum atomic E-state index is 0.731. The van der Waals surface area contributed by atoms with E-state index in [-0.39, 0.29) is 0 Å². The van der Waals surface area contributed by atoms with Crippen LogP contribution < -0.4 is 10.6 Å². The third-order valence-electron chi connectivity index (χ3n) is 3.18. The molecule has 0 bridgehead atoms. The molecule has 102 valence electrons. The van der Waals surface area contributed by atoms with Gasteiger partial charge in [-0.15, -0.1) is 11.3 Å². The highest BCUT2D eigenvalue weighted by molar-refractivity contribution is 7.16. The zero-order valence-corrected chi connectivity index (χ0v) is 12.6. The summed E-state index contributed by atoms with van der Waals surface area (Å²) in [5, 5.41) is 1.10. The summed E-state index contributed by atoms with van der Waals surface area (Å²) in [4.78, 5) is 7.80. The Kier molecular flexibility index (Phi) is 3.51. The first kappa shape index (κ1) is 13.2. The summed E-state index contributed by atoms with van der Waals surface area (Å²) in [6.07, 6.45) is 1.81. The van der Waals surface area contributed by atoms with Crippen molar-refractivity contribution >= 4 is 45.2 Å². The molecule has 0 unspecified atom stereocenters. The first-order valence-electron chi connectivity index (χ1n) is 6.23. The number of benzene rings is 1. The van der Waals surface area contributed by atoms with Crippen molar-refractivity contribution in [3.8, 4) is 0 Å². The lowest BCUT2D eigenvalue weighted by Crippen LogP contribution is -2.16. The van der Waals surface area contributed by atoms with Gasteiger partial charge in [-0.25, -0.2) is 0 Å². The van der Waals surface area contributed by atoms with Crippen molar-refractivity contribution < 1.29 is 0 Å². The number of fused-ring (bicyclic) bond motifs is 1. The molecule has 2 N–H and O–H groups in total. The number of aromatic nitrogens is 1. The zero-order valence-electron chi connectivity index (χ0n) is 11.0. The zero-order chi connectivity index (χ0) is 14.1. The Hall–Kier alpha value is -1.78. The smallest absolute Gasteiger partial charge is 0.0931 e. The number of nitrogen functional groups attached to an aromatic ring is 1. The van der Waals surface area contributed by atoms with Gasteiger partial charge in [0.15, 0.2) is 0 Å². The molecule has 2 heterocycles. The molecule has 0 saturated heterocycles. The second kappa shape index (κ2) is 5.31. The maximum absolute atomic E-state index is 5.98. The molecule has 3 rings (SSSR count).